The van der Waals surface area contributed by atoms with Crippen LogP contribution >= 0.6 is 0 Å². The second-order valence-corrected chi connectivity index (χ2v) is 4.59. The molecule has 5 heteroatoms. The lowest BCUT2D eigenvalue weighted by Crippen LogP contribution is -2.26. The van der Waals surface area contributed by atoms with E-state index in [4.69, 9.17) is 5.73 Å². The van der Waals surface area contributed by atoms with E-state index in [2.05, 4.69) is 4.98 Å². The van der Waals surface area contributed by atoms with Crippen molar-refractivity contribution in [3.05, 3.63) is 29.6 Å². The molecule has 0 bridgehead atoms. The number of rotatable bonds is 2. The van der Waals surface area contributed by atoms with E-state index in [1.54, 1.807) is 0 Å². The molecule has 0 spiro atoms. The van der Waals surface area contributed by atoms with Gasteiger partial charge in [-0.1, -0.05) is 6.42 Å². The molecule has 2 nitrogen and oxygen atoms in total. The van der Waals surface area contributed by atoms with Crippen LogP contribution in [0.1, 0.15) is 30.5 Å². The smallest absolute Gasteiger partial charge is 0.327 e. The Labute approximate surface area is 98.0 Å². The highest BCUT2D eigenvalue weighted by Gasteiger charge is 2.31. The highest BCUT2D eigenvalue weighted by Crippen LogP contribution is 2.30. The quantitative estimate of drug-likeness (QED) is 0.868. The van der Waals surface area contributed by atoms with Crippen molar-refractivity contribution < 1.29 is 13.2 Å². The molecule has 0 saturated heterocycles. The zero-order valence-corrected chi connectivity index (χ0v) is 9.37. The highest BCUT2D eigenvalue weighted by molar-refractivity contribution is 5.17. The van der Waals surface area contributed by atoms with E-state index in [1.807, 2.05) is 0 Å². The first-order chi connectivity index (χ1) is 7.97. The topological polar surface area (TPSA) is 38.9 Å². The maximum Gasteiger partial charge on any atom is 0.417 e. The first-order valence-electron chi connectivity index (χ1n) is 5.74. The van der Waals surface area contributed by atoms with Gasteiger partial charge >= 0.3 is 6.18 Å². The number of nitrogens with zero attached hydrogens (tertiary/aromatic N) is 1. The lowest BCUT2D eigenvalue weighted by molar-refractivity contribution is -0.137. The minimum absolute atomic E-state index is 0.166. The van der Waals surface area contributed by atoms with Crippen LogP contribution in [-0.2, 0) is 12.6 Å². The number of hydrogen-bond donors (Lipinski definition) is 1. The molecule has 1 aliphatic carbocycles. The second kappa shape index (κ2) is 4.64. The lowest BCUT2D eigenvalue weighted by Gasteiger charge is -2.14. The van der Waals surface area contributed by atoms with E-state index in [1.165, 1.54) is 6.07 Å². The molecular formula is C12H15F3N2. The lowest BCUT2D eigenvalue weighted by atomic mass is 9.98. The molecule has 0 aliphatic heterocycles. The summed E-state index contributed by atoms with van der Waals surface area (Å²) in [4.78, 5) is 3.87. The summed E-state index contributed by atoms with van der Waals surface area (Å²) in [5.41, 5.74) is 5.92. The molecule has 2 N–H and O–H groups in total. The third-order valence-electron chi connectivity index (χ3n) is 3.34. The molecule has 0 radical (unpaired) electrons. The largest absolute Gasteiger partial charge is 0.417 e. The summed E-state index contributed by atoms with van der Waals surface area (Å²) >= 11 is 0. The highest BCUT2D eigenvalue weighted by atomic mass is 19.4. The summed E-state index contributed by atoms with van der Waals surface area (Å²) < 4.78 is 37.0. The number of nitrogens with two attached hydrogens (primary N) is 1. The SMILES string of the molecule is N[C@H]1CCC[C@@H]1Cc1ccc(C(F)(F)F)cn1. The fraction of sp³-hybridized carbons (Fsp3) is 0.583. The number of alkyl halides is 3. The Kier molecular flexibility index (Phi) is 3.38. The Bertz CT molecular complexity index is 372. The fourth-order valence-corrected chi connectivity index (χ4v) is 2.30. The van der Waals surface area contributed by atoms with Crippen molar-refractivity contribution in [2.45, 2.75) is 37.9 Å². The Hall–Kier alpha value is -1.10. The first kappa shape index (κ1) is 12.4. The molecule has 2 rings (SSSR count). The maximum atomic E-state index is 12.3. The van der Waals surface area contributed by atoms with Gasteiger partial charge in [0.05, 0.1) is 5.56 Å². The van der Waals surface area contributed by atoms with Gasteiger partial charge in [-0.25, -0.2) is 0 Å². The third-order valence-corrected chi connectivity index (χ3v) is 3.34. The first-order valence-corrected chi connectivity index (χ1v) is 5.74. The molecule has 1 fully saturated rings. The minimum atomic E-state index is -4.31. The van der Waals surface area contributed by atoms with Crippen molar-refractivity contribution in [3.8, 4) is 0 Å². The van der Waals surface area contributed by atoms with Crippen LogP contribution in [0.15, 0.2) is 18.3 Å². The summed E-state index contributed by atoms with van der Waals surface area (Å²) in [5, 5.41) is 0. The Morgan fingerprint density at radius 3 is 2.53 bits per heavy atom. The summed E-state index contributed by atoms with van der Waals surface area (Å²) in [5.74, 6) is 0.360. The number of hydrogen-bond acceptors (Lipinski definition) is 2. The molecule has 0 aromatic carbocycles. The normalized spacial score (nSPS) is 25.2. The van der Waals surface area contributed by atoms with Crippen LogP contribution in [0.2, 0.25) is 0 Å². The average molecular weight is 244 g/mol. The van der Waals surface area contributed by atoms with Crippen LogP contribution in [0, 0.1) is 5.92 Å². The van der Waals surface area contributed by atoms with Gasteiger partial charge in [-0.2, -0.15) is 13.2 Å². The molecule has 1 saturated carbocycles. The molecule has 1 aliphatic rings. The van der Waals surface area contributed by atoms with Crippen LogP contribution in [0.25, 0.3) is 0 Å². The van der Waals surface area contributed by atoms with Crippen LogP contribution in [0.3, 0.4) is 0 Å². The van der Waals surface area contributed by atoms with Gasteiger partial charge < -0.3 is 5.73 Å². The van der Waals surface area contributed by atoms with Crippen molar-refractivity contribution >= 4 is 0 Å². The standard InChI is InChI=1S/C12H15F3N2/c13-12(14,15)9-4-5-10(17-7-9)6-8-2-1-3-11(8)16/h4-5,7-8,11H,1-3,6,16H2/t8-,11+/m1/s1. The van der Waals surface area contributed by atoms with Gasteiger partial charge in [0.1, 0.15) is 0 Å². The average Bonchev–Trinajstić information content (AvgIpc) is 2.64. The summed E-state index contributed by atoms with van der Waals surface area (Å²) in [7, 11) is 0. The van der Waals surface area contributed by atoms with Gasteiger partial charge in [0.2, 0.25) is 0 Å². The Morgan fingerprint density at radius 1 is 1.29 bits per heavy atom. The van der Waals surface area contributed by atoms with E-state index in [9.17, 15) is 13.2 Å². The Morgan fingerprint density at radius 2 is 2.06 bits per heavy atom. The summed E-state index contributed by atoms with van der Waals surface area (Å²) in [6.45, 7) is 0. The van der Waals surface area contributed by atoms with E-state index in [-0.39, 0.29) is 6.04 Å². The molecule has 0 amide bonds. The maximum absolute atomic E-state index is 12.3. The van der Waals surface area contributed by atoms with E-state index in [0.717, 1.165) is 31.5 Å². The number of aromatic nitrogens is 1. The molecule has 94 valence electrons. The zero-order valence-electron chi connectivity index (χ0n) is 9.37. The molecule has 0 unspecified atom stereocenters. The van der Waals surface area contributed by atoms with Crippen molar-refractivity contribution in [3.63, 3.8) is 0 Å². The van der Waals surface area contributed by atoms with E-state index in [0.29, 0.717) is 18.0 Å². The van der Waals surface area contributed by atoms with Gasteiger partial charge in [-0.15, -0.1) is 0 Å². The van der Waals surface area contributed by atoms with Crippen LogP contribution in [0.5, 0.6) is 0 Å². The van der Waals surface area contributed by atoms with E-state index < -0.39 is 11.7 Å². The van der Waals surface area contributed by atoms with Gasteiger partial charge in [0, 0.05) is 17.9 Å². The fourth-order valence-electron chi connectivity index (χ4n) is 2.30. The molecule has 2 atom stereocenters. The molecule has 1 aromatic rings. The Balaban J connectivity index is 2.03. The number of halogens is 3. The van der Waals surface area contributed by atoms with Crippen molar-refractivity contribution in [2.75, 3.05) is 0 Å². The van der Waals surface area contributed by atoms with Crippen LogP contribution in [-0.4, -0.2) is 11.0 Å². The van der Waals surface area contributed by atoms with Crippen LogP contribution < -0.4 is 5.73 Å². The number of pyridine rings is 1. The minimum Gasteiger partial charge on any atom is -0.327 e. The molecular weight excluding hydrogens is 229 g/mol. The van der Waals surface area contributed by atoms with Gasteiger partial charge in [-0.05, 0) is 37.3 Å². The van der Waals surface area contributed by atoms with Crippen molar-refractivity contribution in [1.82, 2.24) is 4.98 Å². The zero-order chi connectivity index (χ0) is 12.5. The van der Waals surface area contributed by atoms with Gasteiger partial charge in [0.15, 0.2) is 0 Å². The summed E-state index contributed by atoms with van der Waals surface area (Å²) in [6.07, 6.45) is 0.423. The second-order valence-electron chi connectivity index (χ2n) is 4.59. The van der Waals surface area contributed by atoms with Crippen molar-refractivity contribution in [1.29, 1.82) is 0 Å². The summed E-state index contributed by atoms with van der Waals surface area (Å²) in [6, 6.07) is 2.70. The third kappa shape index (κ3) is 2.97. The monoisotopic (exact) mass is 244 g/mol. The van der Waals surface area contributed by atoms with Crippen molar-refractivity contribution in [2.24, 2.45) is 11.7 Å². The van der Waals surface area contributed by atoms with E-state index >= 15 is 0 Å². The van der Waals surface area contributed by atoms with Gasteiger partial charge in [-0.3, -0.25) is 4.98 Å². The molecule has 1 heterocycles. The predicted octanol–water partition coefficient (Wildman–Crippen LogP) is 2.77. The van der Waals surface area contributed by atoms with Gasteiger partial charge in [0.25, 0.3) is 0 Å². The molecule has 1 aromatic heterocycles. The van der Waals surface area contributed by atoms with Crippen LogP contribution in [0.4, 0.5) is 13.2 Å². The predicted molar refractivity (Wildman–Crippen MR) is 58.3 cm³/mol. The molecule has 17 heavy (non-hydrogen) atoms.